The van der Waals surface area contributed by atoms with Crippen LogP contribution in [0.3, 0.4) is 0 Å². The van der Waals surface area contributed by atoms with Crippen molar-refractivity contribution in [1.82, 2.24) is 20.0 Å². The Morgan fingerprint density at radius 3 is 2.88 bits per heavy atom. The first kappa shape index (κ1) is 20.0. The van der Waals surface area contributed by atoms with Gasteiger partial charge in [-0.1, -0.05) is 18.1 Å². The van der Waals surface area contributed by atoms with E-state index >= 15 is 0 Å². The molecule has 6 heteroatoms. The van der Waals surface area contributed by atoms with Gasteiger partial charge in [-0.15, -0.1) is 0 Å². The number of carbonyl (C=O) groups is 1. The summed E-state index contributed by atoms with van der Waals surface area (Å²) >= 11 is 0. The highest BCUT2D eigenvalue weighted by Crippen LogP contribution is 2.45. The monoisotopic (exact) mass is 432 g/mol. The molecular weight excluding hydrogens is 400 g/mol. The summed E-state index contributed by atoms with van der Waals surface area (Å²) in [6, 6.07) is 8.78. The van der Waals surface area contributed by atoms with Gasteiger partial charge in [0.25, 0.3) is 5.91 Å². The van der Waals surface area contributed by atoms with E-state index in [9.17, 15) is 4.79 Å². The van der Waals surface area contributed by atoms with E-state index in [0.29, 0.717) is 17.4 Å². The molecule has 4 atom stereocenters. The second kappa shape index (κ2) is 8.07. The summed E-state index contributed by atoms with van der Waals surface area (Å²) in [5.74, 6) is 2.14. The van der Waals surface area contributed by atoms with Crippen molar-refractivity contribution in [2.75, 3.05) is 26.7 Å². The average Bonchev–Trinajstić information content (AvgIpc) is 3.33. The Morgan fingerprint density at radius 1 is 1.16 bits per heavy atom. The predicted molar refractivity (Wildman–Crippen MR) is 124 cm³/mol. The van der Waals surface area contributed by atoms with Crippen molar-refractivity contribution in [3.63, 3.8) is 0 Å². The van der Waals surface area contributed by atoms with Gasteiger partial charge in [-0.25, -0.2) is 0 Å². The molecule has 168 valence electrons. The first-order chi connectivity index (χ1) is 15.7. The Labute approximate surface area is 189 Å². The van der Waals surface area contributed by atoms with E-state index in [1.54, 1.807) is 13.3 Å². The smallest absolute Gasteiger partial charge is 0.258 e. The van der Waals surface area contributed by atoms with Crippen molar-refractivity contribution in [3.8, 4) is 17.0 Å². The number of aromatic amines is 1. The highest BCUT2D eigenvalue weighted by molar-refractivity contribution is 6.00. The number of likely N-dealkylation sites (tertiary alicyclic amines) is 1. The fourth-order valence-electron chi connectivity index (χ4n) is 6.78. The maximum absolute atomic E-state index is 13.9. The Bertz CT molecular complexity index is 1030. The molecule has 6 rings (SSSR count). The van der Waals surface area contributed by atoms with E-state index in [4.69, 9.17) is 4.74 Å². The molecule has 1 aliphatic carbocycles. The SMILES string of the molecule is COc1ccc(-c2[nH]ncc2C(=O)N2CCCC3=C[C@H]4C[C@@H](CN5CCCC[C@H]45)[C@@H]32)cc1. The van der Waals surface area contributed by atoms with Crippen LogP contribution in [0, 0.1) is 11.8 Å². The second-order valence-electron chi connectivity index (χ2n) is 9.89. The molecule has 0 radical (unpaired) electrons. The molecule has 1 N–H and O–H groups in total. The van der Waals surface area contributed by atoms with Crippen LogP contribution in [0.2, 0.25) is 0 Å². The van der Waals surface area contributed by atoms with Crippen molar-refractivity contribution in [2.24, 2.45) is 11.8 Å². The number of rotatable bonds is 3. The minimum atomic E-state index is 0.111. The highest BCUT2D eigenvalue weighted by atomic mass is 16.5. The van der Waals surface area contributed by atoms with E-state index in [1.165, 1.54) is 37.8 Å². The minimum absolute atomic E-state index is 0.111. The predicted octanol–water partition coefficient (Wildman–Crippen LogP) is 4.12. The summed E-state index contributed by atoms with van der Waals surface area (Å²) < 4.78 is 5.28. The third-order valence-corrected chi connectivity index (χ3v) is 8.17. The summed E-state index contributed by atoms with van der Waals surface area (Å²) in [6.07, 6.45) is 11.7. The van der Waals surface area contributed by atoms with Gasteiger partial charge in [-0.2, -0.15) is 5.10 Å². The Morgan fingerprint density at radius 2 is 2.03 bits per heavy atom. The molecule has 4 aliphatic rings. The first-order valence-corrected chi connectivity index (χ1v) is 12.2. The summed E-state index contributed by atoms with van der Waals surface area (Å²) in [6.45, 7) is 3.20. The van der Waals surface area contributed by atoms with E-state index in [-0.39, 0.29) is 11.9 Å². The van der Waals surface area contributed by atoms with Crippen molar-refractivity contribution in [3.05, 3.63) is 47.7 Å². The number of nitrogens with one attached hydrogen (secondary N) is 1. The number of hydrogen-bond acceptors (Lipinski definition) is 4. The van der Waals surface area contributed by atoms with Crippen molar-refractivity contribution in [2.45, 2.75) is 50.6 Å². The molecule has 3 saturated heterocycles. The third-order valence-electron chi connectivity index (χ3n) is 8.17. The van der Waals surface area contributed by atoms with Crippen LogP contribution in [0.1, 0.15) is 48.9 Å². The lowest BCUT2D eigenvalue weighted by Gasteiger charge is -2.54. The molecule has 4 heterocycles. The van der Waals surface area contributed by atoms with Crippen LogP contribution in [0.25, 0.3) is 11.3 Å². The van der Waals surface area contributed by atoms with Gasteiger partial charge >= 0.3 is 0 Å². The number of fused-ring (bicyclic) bond motifs is 6. The van der Waals surface area contributed by atoms with E-state index < -0.39 is 0 Å². The normalized spacial score (nSPS) is 29.7. The second-order valence-corrected chi connectivity index (χ2v) is 9.89. The van der Waals surface area contributed by atoms with E-state index in [2.05, 4.69) is 26.1 Å². The van der Waals surface area contributed by atoms with Crippen LogP contribution >= 0.6 is 0 Å². The van der Waals surface area contributed by atoms with Gasteiger partial charge in [-0.3, -0.25) is 14.8 Å². The number of amides is 1. The maximum atomic E-state index is 13.9. The molecule has 0 spiro atoms. The number of benzene rings is 1. The van der Waals surface area contributed by atoms with Gasteiger partial charge in [0.2, 0.25) is 0 Å². The molecule has 2 bridgehead atoms. The summed E-state index contributed by atoms with van der Waals surface area (Å²) in [4.78, 5) is 18.8. The first-order valence-electron chi connectivity index (χ1n) is 12.2. The molecule has 32 heavy (non-hydrogen) atoms. The molecule has 6 nitrogen and oxygen atoms in total. The number of piperidine rings is 3. The molecule has 3 fully saturated rings. The largest absolute Gasteiger partial charge is 0.497 e. The molecule has 1 aromatic carbocycles. The molecule has 3 aliphatic heterocycles. The summed E-state index contributed by atoms with van der Waals surface area (Å²) in [7, 11) is 1.66. The van der Waals surface area contributed by atoms with E-state index in [1.807, 2.05) is 24.3 Å². The van der Waals surface area contributed by atoms with Gasteiger partial charge in [0.1, 0.15) is 5.75 Å². The zero-order valence-electron chi connectivity index (χ0n) is 18.8. The standard InChI is InChI=1S/C26H32N4O2/c1-32-21-9-7-17(8-10-21)24-22(15-27-28-24)26(31)30-12-4-5-18-13-19-14-20(25(18)30)16-29-11-3-2-6-23(19)29/h7-10,13,15,19-20,23,25H,2-6,11-12,14,16H2,1H3,(H,27,28)/t19-,20-,23+,25+/m0/s1. The van der Waals surface area contributed by atoms with Crippen LogP contribution in [0.4, 0.5) is 0 Å². The summed E-state index contributed by atoms with van der Waals surface area (Å²) in [5, 5.41) is 7.32. The fourth-order valence-corrected chi connectivity index (χ4v) is 6.78. The number of nitrogens with zero attached hydrogens (tertiary/aromatic N) is 3. The van der Waals surface area contributed by atoms with Gasteiger partial charge in [0, 0.05) is 24.7 Å². The van der Waals surface area contributed by atoms with E-state index in [0.717, 1.165) is 49.0 Å². The van der Waals surface area contributed by atoms with Gasteiger partial charge < -0.3 is 9.64 Å². The molecule has 1 amide bonds. The van der Waals surface area contributed by atoms with Gasteiger partial charge in [0.15, 0.2) is 0 Å². The molecule has 2 aromatic rings. The Kier molecular flexibility index (Phi) is 5.05. The van der Waals surface area contributed by atoms with Crippen LogP contribution in [0.15, 0.2) is 42.1 Å². The van der Waals surface area contributed by atoms with Crippen LogP contribution in [-0.2, 0) is 0 Å². The highest BCUT2D eigenvalue weighted by Gasteiger charge is 2.47. The van der Waals surface area contributed by atoms with Crippen molar-refractivity contribution < 1.29 is 9.53 Å². The maximum Gasteiger partial charge on any atom is 0.258 e. The van der Waals surface area contributed by atoms with Crippen LogP contribution in [0.5, 0.6) is 5.75 Å². The zero-order valence-corrected chi connectivity index (χ0v) is 18.8. The minimum Gasteiger partial charge on any atom is -0.497 e. The third kappa shape index (κ3) is 3.27. The molecule has 0 saturated carbocycles. The zero-order chi connectivity index (χ0) is 21.7. The number of H-pyrrole nitrogens is 1. The Balaban J connectivity index is 1.31. The van der Waals surface area contributed by atoms with Gasteiger partial charge in [-0.05, 0) is 74.8 Å². The lowest BCUT2D eigenvalue weighted by molar-refractivity contribution is 0.00150. The summed E-state index contributed by atoms with van der Waals surface area (Å²) in [5.41, 5.74) is 3.94. The molecular formula is C26H32N4O2. The van der Waals surface area contributed by atoms with Gasteiger partial charge in [0.05, 0.1) is 30.6 Å². The lowest BCUT2D eigenvalue weighted by atomic mass is 9.68. The fraction of sp³-hybridized carbons (Fsp3) is 0.538. The lowest BCUT2D eigenvalue weighted by Crippen LogP contribution is -2.60. The van der Waals surface area contributed by atoms with Crippen molar-refractivity contribution >= 4 is 5.91 Å². The number of ether oxygens (including phenoxy) is 1. The number of aromatic nitrogens is 2. The number of hydrogen-bond donors (Lipinski definition) is 1. The average molecular weight is 433 g/mol. The number of methoxy groups -OCH3 is 1. The molecule has 1 aromatic heterocycles. The van der Waals surface area contributed by atoms with Crippen LogP contribution < -0.4 is 4.74 Å². The van der Waals surface area contributed by atoms with Crippen molar-refractivity contribution in [1.29, 1.82) is 0 Å². The number of carbonyl (C=O) groups excluding carboxylic acids is 1. The quantitative estimate of drug-likeness (QED) is 0.741. The van der Waals surface area contributed by atoms with Crippen LogP contribution in [-0.4, -0.2) is 64.7 Å². The topological polar surface area (TPSA) is 61.5 Å². The Hall–Kier alpha value is -2.60. The molecule has 0 unspecified atom stereocenters.